The van der Waals surface area contributed by atoms with E-state index < -0.39 is 0 Å². The van der Waals surface area contributed by atoms with Crippen LogP contribution < -0.4 is 0 Å². The molecule has 1 aliphatic carbocycles. The van der Waals surface area contributed by atoms with Crippen molar-refractivity contribution in [1.29, 1.82) is 0 Å². The van der Waals surface area contributed by atoms with Gasteiger partial charge in [0.05, 0.1) is 6.54 Å². The van der Waals surface area contributed by atoms with Crippen molar-refractivity contribution in [3.63, 3.8) is 0 Å². The number of benzene rings is 1. The Morgan fingerprint density at radius 2 is 2.09 bits per heavy atom. The van der Waals surface area contributed by atoms with Gasteiger partial charge in [0.1, 0.15) is 5.82 Å². The van der Waals surface area contributed by atoms with Gasteiger partial charge in [-0.05, 0) is 30.9 Å². The van der Waals surface area contributed by atoms with E-state index in [9.17, 15) is 4.79 Å². The molecule has 1 aromatic heterocycles. The fourth-order valence-corrected chi connectivity index (χ4v) is 2.53. The summed E-state index contributed by atoms with van der Waals surface area (Å²) in [5, 5.41) is 0. The molecule has 0 saturated heterocycles. The molecule has 1 saturated carbocycles. The summed E-state index contributed by atoms with van der Waals surface area (Å²) in [6.07, 6.45) is 7.62. The number of imidazole rings is 1. The molecule has 1 aromatic carbocycles. The molecule has 1 amide bonds. The Hall–Kier alpha value is -2.36. The van der Waals surface area contributed by atoms with Crippen molar-refractivity contribution in [2.24, 2.45) is 7.05 Å². The van der Waals surface area contributed by atoms with Crippen molar-refractivity contribution >= 4 is 11.5 Å². The molecule has 114 valence electrons. The number of hydrogen-bond acceptors (Lipinski definition) is 2. The zero-order valence-corrected chi connectivity index (χ0v) is 13.1. The van der Waals surface area contributed by atoms with Gasteiger partial charge in [-0.2, -0.15) is 0 Å². The van der Waals surface area contributed by atoms with Gasteiger partial charge in [0.2, 0.25) is 5.91 Å². The van der Waals surface area contributed by atoms with E-state index in [0.717, 1.165) is 29.8 Å². The zero-order valence-electron chi connectivity index (χ0n) is 13.1. The summed E-state index contributed by atoms with van der Waals surface area (Å²) < 4.78 is 1.97. The highest BCUT2D eigenvalue weighted by Crippen LogP contribution is 2.29. The molecular formula is C18H21N3O. The molecule has 0 aliphatic heterocycles. The molecular weight excluding hydrogens is 274 g/mol. The maximum absolute atomic E-state index is 12.7. The summed E-state index contributed by atoms with van der Waals surface area (Å²) in [5.74, 6) is 0.998. The molecule has 0 spiro atoms. The fraction of sp³-hybridized carbons (Fsp3) is 0.333. The smallest absolute Gasteiger partial charge is 0.247 e. The van der Waals surface area contributed by atoms with Crippen LogP contribution in [0.25, 0.3) is 5.57 Å². The number of carbonyl (C=O) groups excluding carboxylic acids is 1. The van der Waals surface area contributed by atoms with E-state index in [2.05, 4.69) is 4.98 Å². The molecule has 0 N–H and O–H groups in total. The largest absolute Gasteiger partial charge is 0.337 e. The van der Waals surface area contributed by atoms with Gasteiger partial charge in [-0.1, -0.05) is 30.3 Å². The zero-order chi connectivity index (χ0) is 15.5. The van der Waals surface area contributed by atoms with Gasteiger partial charge >= 0.3 is 0 Å². The number of amides is 1. The van der Waals surface area contributed by atoms with Gasteiger partial charge in [0.15, 0.2) is 0 Å². The minimum atomic E-state index is 0.0758. The summed E-state index contributed by atoms with van der Waals surface area (Å²) in [5.41, 5.74) is 2.08. The van der Waals surface area contributed by atoms with E-state index in [1.807, 2.05) is 60.0 Å². The average Bonchev–Trinajstić information content (AvgIpc) is 3.28. The summed E-state index contributed by atoms with van der Waals surface area (Å²) in [6.45, 7) is 2.56. The van der Waals surface area contributed by atoms with Crippen LogP contribution in [0.3, 0.4) is 0 Å². The van der Waals surface area contributed by atoms with E-state index in [1.165, 1.54) is 0 Å². The Kier molecular flexibility index (Phi) is 4.09. The van der Waals surface area contributed by atoms with Crippen molar-refractivity contribution in [3.05, 3.63) is 60.2 Å². The maximum atomic E-state index is 12.7. The third-order valence-electron chi connectivity index (χ3n) is 4.07. The van der Waals surface area contributed by atoms with E-state index in [0.29, 0.717) is 12.6 Å². The number of allylic oxidation sites excluding steroid dienone is 1. The van der Waals surface area contributed by atoms with Crippen molar-refractivity contribution in [3.8, 4) is 0 Å². The van der Waals surface area contributed by atoms with Crippen LogP contribution in [0.2, 0.25) is 0 Å². The van der Waals surface area contributed by atoms with Crippen LogP contribution in [0.1, 0.15) is 31.2 Å². The Labute approximate surface area is 131 Å². The number of aromatic nitrogens is 2. The first kappa shape index (κ1) is 14.6. The van der Waals surface area contributed by atoms with Gasteiger partial charge < -0.3 is 9.47 Å². The normalized spacial score (nSPS) is 14.9. The number of nitrogens with zero attached hydrogens (tertiary/aromatic N) is 3. The molecule has 3 rings (SSSR count). The number of carbonyl (C=O) groups is 1. The minimum absolute atomic E-state index is 0.0758. The molecule has 22 heavy (non-hydrogen) atoms. The molecule has 4 heteroatoms. The Morgan fingerprint density at radius 1 is 1.36 bits per heavy atom. The first-order valence-electron chi connectivity index (χ1n) is 7.65. The maximum Gasteiger partial charge on any atom is 0.247 e. The summed E-state index contributed by atoms with van der Waals surface area (Å²) >= 11 is 0. The first-order chi connectivity index (χ1) is 10.6. The molecule has 0 unspecified atom stereocenters. The molecule has 1 fully saturated rings. The molecule has 1 heterocycles. The van der Waals surface area contributed by atoms with Gasteiger partial charge in [-0.15, -0.1) is 0 Å². The second-order valence-corrected chi connectivity index (χ2v) is 5.85. The lowest BCUT2D eigenvalue weighted by molar-refractivity contribution is -0.127. The van der Waals surface area contributed by atoms with E-state index in [1.54, 1.807) is 12.3 Å². The summed E-state index contributed by atoms with van der Waals surface area (Å²) in [6, 6.07) is 10.4. The fourth-order valence-electron chi connectivity index (χ4n) is 2.53. The number of rotatable bonds is 5. The lowest BCUT2D eigenvalue weighted by atomic mass is 10.1. The average molecular weight is 295 g/mol. The lowest BCUT2D eigenvalue weighted by Gasteiger charge is -2.21. The predicted molar refractivity (Wildman–Crippen MR) is 86.9 cm³/mol. The van der Waals surface area contributed by atoms with Crippen molar-refractivity contribution in [2.45, 2.75) is 32.4 Å². The quantitative estimate of drug-likeness (QED) is 0.795. The third-order valence-corrected chi connectivity index (χ3v) is 4.07. The Balaban J connectivity index is 1.77. The van der Waals surface area contributed by atoms with Gasteiger partial charge in [0, 0.05) is 31.6 Å². The van der Waals surface area contributed by atoms with Crippen LogP contribution in [0, 0.1) is 0 Å². The van der Waals surface area contributed by atoms with Gasteiger partial charge in [-0.25, -0.2) is 4.98 Å². The second-order valence-electron chi connectivity index (χ2n) is 5.85. The summed E-state index contributed by atoms with van der Waals surface area (Å²) in [4.78, 5) is 18.9. The Morgan fingerprint density at radius 3 is 2.68 bits per heavy atom. The SMILES string of the molecule is C/C(=C/C(=O)N(Cc1nccn1C)C1CC1)c1ccccc1. The highest BCUT2D eigenvalue weighted by Gasteiger charge is 2.32. The van der Waals surface area contributed by atoms with Gasteiger partial charge in [0.25, 0.3) is 0 Å². The molecule has 0 radical (unpaired) electrons. The number of aryl methyl sites for hydroxylation is 1. The minimum Gasteiger partial charge on any atom is -0.337 e. The highest BCUT2D eigenvalue weighted by molar-refractivity contribution is 5.95. The van der Waals surface area contributed by atoms with Gasteiger partial charge in [-0.3, -0.25) is 4.79 Å². The standard InChI is InChI=1S/C18H21N3O/c1-14(15-6-4-3-5-7-15)12-18(22)21(16-8-9-16)13-17-19-10-11-20(17)2/h3-7,10-12,16H,8-9,13H2,1-2H3/b14-12-. The molecule has 0 bridgehead atoms. The second kappa shape index (κ2) is 6.18. The first-order valence-corrected chi connectivity index (χ1v) is 7.65. The molecule has 4 nitrogen and oxygen atoms in total. The van der Waals surface area contributed by atoms with E-state index >= 15 is 0 Å². The predicted octanol–water partition coefficient (Wildman–Crippen LogP) is 3.01. The van der Waals surface area contributed by atoms with Crippen LogP contribution >= 0.6 is 0 Å². The van der Waals surface area contributed by atoms with Crippen molar-refractivity contribution < 1.29 is 4.79 Å². The van der Waals surface area contributed by atoms with E-state index in [4.69, 9.17) is 0 Å². The highest BCUT2D eigenvalue weighted by atomic mass is 16.2. The van der Waals surface area contributed by atoms with Crippen LogP contribution in [0.5, 0.6) is 0 Å². The van der Waals surface area contributed by atoms with Crippen LogP contribution in [0.15, 0.2) is 48.8 Å². The monoisotopic (exact) mass is 295 g/mol. The van der Waals surface area contributed by atoms with Crippen LogP contribution in [0.4, 0.5) is 0 Å². The van der Waals surface area contributed by atoms with Crippen molar-refractivity contribution in [2.75, 3.05) is 0 Å². The third kappa shape index (κ3) is 3.27. The van der Waals surface area contributed by atoms with E-state index in [-0.39, 0.29) is 5.91 Å². The number of hydrogen-bond donors (Lipinski definition) is 0. The lowest BCUT2D eigenvalue weighted by Crippen LogP contribution is -2.32. The molecule has 2 aromatic rings. The summed E-state index contributed by atoms with van der Waals surface area (Å²) in [7, 11) is 1.96. The Bertz CT molecular complexity index is 683. The van der Waals surface area contributed by atoms with Crippen LogP contribution in [-0.4, -0.2) is 26.4 Å². The molecule has 1 aliphatic rings. The topological polar surface area (TPSA) is 38.1 Å². The van der Waals surface area contributed by atoms with Crippen molar-refractivity contribution in [1.82, 2.24) is 14.5 Å². The molecule has 0 atom stereocenters. The van der Waals surface area contributed by atoms with Crippen LogP contribution in [-0.2, 0) is 18.4 Å².